The second-order valence-electron chi connectivity index (χ2n) is 12.6. The Morgan fingerprint density at radius 2 is 1.86 bits per heavy atom. The molecule has 1 aromatic carbocycles. The molecule has 3 aromatic rings. The van der Waals surface area contributed by atoms with Crippen molar-refractivity contribution in [3.05, 3.63) is 65.0 Å². The second-order valence-corrected chi connectivity index (χ2v) is 12.6. The van der Waals surface area contributed by atoms with E-state index in [1.54, 1.807) is 22.1 Å². The minimum atomic E-state index is -0.562. The number of hydrogen-bond donors (Lipinski definition) is 2. The Labute approximate surface area is 245 Å². The van der Waals surface area contributed by atoms with Crippen molar-refractivity contribution >= 4 is 11.9 Å². The lowest BCUT2D eigenvalue weighted by Gasteiger charge is -2.33. The van der Waals surface area contributed by atoms with Gasteiger partial charge >= 0.3 is 6.09 Å². The van der Waals surface area contributed by atoms with Gasteiger partial charge in [-0.25, -0.2) is 9.78 Å². The summed E-state index contributed by atoms with van der Waals surface area (Å²) in [7, 11) is 1.81. The molecule has 9 nitrogen and oxygen atoms in total. The number of benzene rings is 1. The lowest BCUT2D eigenvalue weighted by molar-refractivity contribution is 0.0484. The van der Waals surface area contributed by atoms with Crippen LogP contribution in [-0.4, -0.2) is 44.2 Å². The number of nitrogens with zero attached hydrogens (tertiary/aromatic N) is 3. The van der Waals surface area contributed by atoms with Gasteiger partial charge < -0.3 is 23.9 Å². The molecule has 0 unspecified atom stereocenters. The Morgan fingerprint density at radius 3 is 2.50 bits per heavy atom. The first kappa shape index (κ1) is 29.5. The molecule has 1 aliphatic heterocycles. The lowest BCUT2D eigenvalue weighted by Crippen LogP contribution is -2.41. The molecule has 2 aliphatic rings. The maximum absolute atomic E-state index is 14.0. The summed E-state index contributed by atoms with van der Waals surface area (Å²) in [6, 6.07) is 6.89. The monoisotopic (exact) mass is 577 g/mol. The number of imidazole rings is 1. The van der Waals surface area contributed by atoms with E-state index in [4.69, 9.17) is 14.9 Å². The average molecular weight is 578 g/mol. The molecule has 1 saturated carbocycles. The molecular weight excluding hydrogens is 537 g/mol. The first-order valence-corrected chi connectivity index (χ1v) is 14.6. The molecule has 1 amide bonds. The van der Waals surface area contributed by atoms with Gasteiger partial charge in [0.15, 0.2) is 5.78 Å². The number of alkyl carbamates (subject to hydrolysis) is 1. The highest BCUT2D eigenvalue weighted by Gasteiger charge is 2.35. The van der Waals surface area contributed by atoms with E-state index in [1.165, 1.54) is 6.07 Å². The molecule has 1 aliphatic carbocycles. The SMILES string of the molecule is Cc1nc(F)ccc1-c1cc(Cn2ccn(C)c2=N)cc2c1OC[C@@H](CC1CCC(NC(=O)OC(C)(C)C)CC1)C2=O. The fraction of sp³-hybridized carbons (Fsp3) is 0.500. The number of hydrogen-bond acceptors (Lipinski definition) is 6. The van der Waals surface area contributed by atoms with Crippen molar-refractivity contribution in [3.63, 3.8) is 0 Å². The standard InChI is InChI=1S/C32H40FN5O4/c1-19-24(10-11-27(33)35-19)25-15-21(17-38-13-12-37(5)30(38)34)16-26-28(39)22(18-41-29(25)26)14-20-6-8-23(9-7-20)36-31(40)42-32(2,3)4/h10-13,15-16,20,22-23,34H,6-9,14,17-18H2,1-5H3,(H,36,40)/t20?,22-,23?/m1/s1. The van der Waals surface area contributed by atoms with Crippen LogP contribution in [0.5, 0.6) is 5.75 Å². The lowest BCUT2D eigenvalue weighted by atomic mass is 9.78. The van der Waals surface area contributed by atoms with Crippen LogP contribution in [0.25, 0.3) is 11.1 Å². The van der Waals surface area contributed by atoms with E-state index in [0.29, 0.717) is 46.2 Å². The fourth-order valence-electron chi connectivity index (χ4n) is 6.06. The molecule has 2 N–H and O–H groups in total. The molecule has 2 aromatic heterocycles. The number of aromatic nitrogens is 3. The van der Waals surface area contributed by atoms with E-state index >= 15 is 0 Å². The number of rotatable bonds is 6. The third-order valence-electron chi connectivity index (χ3n) is 8.17. The third kappa shape index (κ3) is 6.58. The maximum Gasteiger partial charge on any atom is 0.407 e. The first-order valence-electron chi connectivity index (χ1n) is 14.6. The number of carbonyl (C=O) groups excluding carboxylic acids is 2. The number of Topliss-reactive ketones (excluding diaryl/α,β-unsaturated/α-hetero) is 1. The van der Waals surface area contributed by atoms with Crippen LogP contribution in [-0.2, 0) is 18.3 Å². The topological polar surface area (TPSA) is 111 Å². The highest BCUT2D eigenvalue weighted by atomic mass is 19.1. The molecule has 5 rings (SSSR count). The summed E-state index contributed by atoms with van der Waals surface area (Å²) in [6.45, 7) is 7.98. The molecule has 42 heavy (non-hydrogen) atoms. The summed E-state index contributed by atoms with van der Waals surface area (Å²) < 4.78 is 29.1. The van der Waals surface area contributed by atoms with Crippen molar-refractivity contribution in [1.29, 1.82) is 5.41 Å². The summed E-state index contributed by atoms with van der Waals surface area (Å²) in [6.07, 6.45) is 7.51. The number of ketones is 1. The highest BCUT2D eigenvalue weighted by molar-refractivity contribution is 6.03. The quantitative estimate of drug-likeness (QED) is 0.375. The Kier molecular flexibility index (Phi) is 8.25. The molecule has 0 saturated heterocycles. The number of amides is 1. The third-order valence-corrected chi connectivity index (χ3v) is 8.17. The van der Waals surface area contributed by atoms with E-state index < -0.39 is 11.5 Å². The molecular formula is C32H40FN5O4. The zero-order valence-electron chi connectivity index (χ0n) is 25.0. The highest BCUT2D eigenvalue weighted by Crippen LogP contribution is 2.42. The van der Waals surface area contributed by atoms with Crippen molar-refractivity contribution in [2.24, 2.45) is 18.9 Å². The van der Waals surface area contributed by atoms with Crippen LogP contribution < -0.4 is 15.7 Å². The Balaban J connectivity index is 1.35. The molecule has 1 atom stereocenters. The predicted octanol–water partition coefficient (Wildman–Crippen LogP) is 5.53. The smallest absolute Gasteiger partial charge is 0.407 e. The van der Waals surface area contributed by atoms with E-state index in [0.717, 1.165) is 37.7 Å². The van der Waals surface area contributed by atoms with Gasteiger partial charge in [-0.3, -0.25) is 10.2 Å². The zero-order chi connectivity index (χ0) is 30.2. The van der Waals surface area contributed by atoms with Gasteiger partial charge in [-0.2, -0.15) is 4.39 Å². The van der Waals surface area contributed by atoms with Gasteiger partial charge in [0.1, 0.15) is 11.4 Å². The van der Waals surface area contributed by atoms with Crippen molar-refractivity contribution in [2.75, 3.05) is 6.61 Å². The number of aryl methyl sites for hydroxylation is 2. The summed E-state index contributed by atoms with van der Waals surface area (Å²) in [5, 5.41) is 11.3. The molecule has 1 fully saturated rings. The zero-order valence-corrected chi connectivity index (χ0v) is 25.0. The van der Waals surface area contributed by atoms with Crippen molar-refractivity contribution in [3.8, 4) is 16.9 Å². The van der Waals surface area contributed by atoms with Crippen molar-refractivity contribution < 1.29 is 23.5 Å². The van der Waals surface area contributed by atoms with Gasteiger partial charge in [-0.05, 0) is 95.5 Å². The average Bonchev–Trinajstić information content (AvgIpc) is 3.22. The number of carbonyl (C=O) groups is 2. The van der Waals surface area contributed by atoms with Crippen LogP contribution in [0.4, 0.5) is 9.18 Å². The predicted molar refractivity (Wildman–Crippen MR) is 156 cm³/mol. The van der Waals surface area contributed by atoms with Gasteiger partial charge in [0.05, 0.1) is 24.6 Å². The van der Waals surface area contributed by atoms with Crippen molar-refractivity contribution in [2.45, 2.75) is 78.0 Å². The minimum Gasteiger partial charge on any atom is -0.491 e. The van der Waals surface area contributed by atoms with Crippen LogP contribution >= 0.6 is 0 Å². The van der Waals surface area contributed by atoms with Crippen molar-refractivity contribution in [1.82, 2.24) is 19.4 Å². The van der Waals surface area contributed by atoms with Crippen LogP contribution in [0.1, 0.15) is 74.5 Å². The summed E-state index contributed by atoms with van der Waals surface area (Å²) >= 11 is 0. The Hall–Kier alpha value is -3.95. The van der Waals surface area contributed by atoms with Gasteiger partial charge in [0.25, 0.3) is 0 Å². The number of fused-ring (bicyclic) bond motifs is 1. The molecule has 0 bridgehead atoms. The van der Waals surface area contributed by atoms with E-state index in [-0.39, 0.29) is 30.4 Å². The maximum atomic E-state index is 14.0. The van der Waals surface area contributed by atoms with E-state index in [9.17, 15) is 14.0 Å². The normalized spacial score (nSPS) is 20.5. The van der Waals surface area contributed by atoms with Gasteiger partial charge in [0.2, 0.25) is 11.6 Å². The summed E-state index contributed by atoms with van der Waals surface area (Å²) in [5.74, 6) is 0.0754. The number of pyridine rings is 1. The molecule has 224 valence electrons. The Bertz CT molecular complexity index is 1550. The summed E-state index contributed by atoms with van der Waals surface area (Å²) in [4.78, 5) is 30.1. The van der Waals surface area contributed by atoms with Gasteiger partial charge in [0, 0.05) is 42.3 Å². The molecule has 10 heteroatoms. The van der Waals surface area contributed by atoms with Crippen LogP contribution in [0.3, 0.4) is 0 Å². The second kappa shape index (κ2) is 11.7. The molecule has 0 radical (unpaired) electrons. The molecule has 0 spiro atoms. The number of halogens is 1. The summed E-state index contributed by atoms with van der Waals surface area (Å²) in [5.41, 5.74) is 3.10. The number of nitrogens with one attached hydrogen (secondary N) is 2. The largest absolute Gasteiger partial charge is 0.491 e. The minimum absolute atomic E-state index is 0.0465. The van der Waals surface area contributed by atoms with Crippen LogP contribution in [0.15, 0.2) is 36.7 Å². The van der Waals surface area contributed by atoms with Crippen LogP contribution in [0.2, 0.25) is 0 Å². The van der Waals surface area contributed by atoms with Gasteiger partial charge in [-0.15, -0.1) is 0 Å². The van der Waals surface area contributed by atoms with E-state index in [1.807, 2.05) is 52.3 Å². The number of ether oxygens (including phenoxy) is 2. The van der Waals surface area contributed by atoms with Gasteiger partial charge in [-0.1, -0.05) is 0 Å². The van der Waals surface area contributed by atoms with Crippen LogP contribution in [0, 0.1) is 30.1 Å². The molecule has 3 heterocycles. The first-order chi connectivity index (χ1) is 19.9. The fourth-order valence-corrected chi connectivity index (χ4v) is 6.06. The van der Waals surface area contributed by atoms with E-state index in [2.05, 4.69) is 10.3 Å². The Morgan fingerprint density at radius 1 is 1.14 bits per heavy atom.